The summed E-state index contributed by atoms with van der Waals surface area (Å²) in [7, 11) is 0. The van der Waals surface area contributed by atoms with Crippen LogP contribution >= 0.6 is 15.9 Å². The molecular weight excluding hydrogens is 398 g/mol. The first-order chi connectivity index (χ1) is 12.6. The number of carbonyl (C=O) groups is 1. The highest BCUT2D eigenvalue weighted by Crippen LogP contribution is 2.22. The van der Waals surface area contributed by atoms with E-state index in [2.05, 4.69) is 21.2 Å². The number of carbonyl (C=O) groups excluding carboxylic acids is 1. The van der Waals surface area contributed by atoms with Crippen LogP contribution in [0.25, 0.3) is 0 Å². The van der Waals surface area contributed by atoms with Crippen molar-refractivity contribution in [3.05, 3.63) is 52.5 Å². The van der Waals surface area contributed by atoms with Crippen molar-refractivity contribution in [3.63, 3.8) is 0 Å². The molecule has 1 atom stereocenters. The van der Waals surface area contributed by atoms with Crippen molar-refractivity contribution in [1.82, 2.24) is 0 Å². The van der Waals surface area contributed by atoms with Crippen molar-refractivity contribution in [2.45, 2.75) is 25.9 Å². The van der Waals surface area contributed by atoms with E-state index in [1.54, 1.807) is 0 Å². The highest BCUT2D eigenvalue weighted by molar-refractivity contribution is 9.10. The van der Waals surface area contributed by atoms with Gasteiger partial charge in [-0.2, -0.15) is 0 Å². The zero-order valence-corrected chi connectivity index (χ0v) is 16.3. The summed E-state index contributed by atoms with van der Waals surface area (Å²) in [4.78, 5) is 12.0. The van der Waals surface area contributed by atoms with Gasteiger partial charge in [0, 0.05) is 16.8 Å². The fourth-order valence-corrected chi connectivity index (χ4v) is 2.90. The smallest absolute Gasteiger partial charge is 0.262 e. The number of ether oxygens (including phenoxy) is 3. The number of halogens is 1. The Labute approximate surface area is 161 Å². The van der Waals surface area contributed by atoms with Crippen LogP contribution < -0.4 is 14.8 Å². The first-order valence-electron chi connectivity index (χ1n) is 8.63. The fraction of sp³-hybridized carbons (Fsp3) is 0.350. The molecular formula is C20H22BrNO4. The van der Waals surface area contributed by atoms with E-state index in [1.807, 2.05) is 49.4 Å². The van der Waals surface area contributed by atoms with Gasteiger partial charge in [0.1, 0.15) is 18.1 Å². The standard InChI is InChI=1S/C20H22BrNO4/c1-14-11-17(8-9-19(14)21)26-13-20(23)22-15-4-6-16(7-5-15)25-12-18-3-2-10-24-18/h4-9,11,18H,2-3,10,12-13H2,1H3,(H,22,23)/t18-/m1/s1. The lowest BCUT2D eigenvalue weighted by atomic mass is 10.2. The van der Waals surface area contributed by atoms with Crippen LogP contribution in [0.1, 0.15) is 18.4 Å². The lowest BCUT2D eigenvalue weighted by Crippen LogP contribution is -2.20. The normalized spacial score (nSPS) is 16.3. The zero-order valence-electron chi connectivity index (χ0n) is 14.7. The minimum atomic E-state index is -0.210. The Bertz CT molecular complexity index is 742. The Morgan fingerprint density at radius 2 is 1.96 bits per heavy atom. The van der Waals surface area contributed by atoms with Crippen LogP contribution in [0, 0.1) is 6.92 Å². The molecule has 5 nitrogen and oxygen atoms in total. The van der Waals surface area contributed by atoms with Crippen LogP contribution in [-0.2, 0) is 9.53 Å². The number of amides is 1. The maximum absolute atomic E-state index is 12.0. The second-order valence-corrected chi connectivity index (χ2v) is 7.07. The molecule has 0 unspecified atom stereocenters. The molecule has 0 aliphatic carbocycles. The summed E-state index contributed by atoms with van der Waals surface area (Å²) in [6.07, 6.45) is 2.33. The molecule has 1 amide bonds. The molecule has 1 N–H and O–H groups in total. The average molecular weight is 420 g/mol. The van der Waals surface area contributed by atoms with Gasteiger partial charge in [-0.25, -0.2) is 0 Å². The van der Waals surface area contributed by atoms with Gasteiger partial charge >= 0.3 is 0 Å². The van der Waals surface area contributed by atoms with Gasteiger partial charge in [-0.1, -0.05) is 15.9 Å². The highest BCUT2D eigenvalue weighted by atomic mass is 79.9. The quantitative estimate of drug-likeness (QED) is 0.725. The van der Waals surface area contributed by atoms with Gasteiger partial charge in [-0.15, -0.1) is 0 Å². The van der Waals surface area contributed by atoms with Gasteiger partial charge in [0.05, 0.1) is 6.10 Å². The summed E-state index contributed by atoms with van der Waals surface area (Å²) in [6.45, 7) is 3.31. The monoisotopic (exact) mass is 419 g/mol. The first kappa shape index (κ1) is 18.7. The van der Waals surface area contributed by atoms with Gasteiger partial charge in [0.15, 0.2) is 6.61 Å². The number of rotatable bonds is 7. The lowest BCUT2D eigenvalue weighted by molar-refractivity contribution is -0.118. The van der Waals surface area contributed by atoms with Crippen LogP contribution in [0.3, 0.4) is 0 Å². The van der Waals surface area contributed by atoms with Crippen molar-refractivity contribution in [3.8, 4) is 11.5 Å². The van der Waals surface area contributed by atoms with Crippen LogP contribution in [0.4, 0.5) is 5.69 Å². The Morgan fingerprint density at radius 3 is 2.65 bits per heavy atom. The molecule has 0 spiro atoms. The van der Waals surface area contributed by atoms with Crippen LogP contribution in [-0.4, -0.2) is 31.8 Å². The number of nitrogens with one attached hydrogen (secondary N) is 1. The molecule has 0 radical (unpaired) electrons. The van der Waals surface area contributed by atoms with Crippen LogP contribution in [0.2, 0.25) is 0 Å². The molecule has 0 aromatic heterocycles. The van der Waals surface area contributed by atoms with Crippen molar-refractivity contribution >= 4 is 27.5 Å². The Balaban J connectivity index is 1.44. The fourth-order valence-electron chi connectivity index (χ4n) is 2.65. The van der Waals surface area contributed by atoms with Gasteiger partial charge in [0.25, 0.3) is 5.91 Å². The SMILES string of the molecule is Cc1cc(OCC(=O)Nc2ccc(OC[C@H]3CCCO3)cc2)ccc1Br. The number of anilines is 1. The topological polar surface area (TPSA) is 56.8 Å². The van der Waals surface area contributed by atoms with E-state index in [0.29, 0.717) is 18.0 Å². The van der Waals surface area contributed by atoms with E-state index in [-0.39, 0.29) is 18.6 Å². The summed E-state index contributed by atoms with van der Waals surface area (Å²) in [6, 6.07) is 12.9. The van der Waals surface area contributed by atoms with E-state index >= 15 is 0 Å². The molecule has 2 aromatic rings. The van der Waals surface area contributed by atoms with Crippen molar-refractivity contribution in [2.24, 2.45) is 0 Å². The second kappa shape index (κ2) is 9.05. The molecule has 2 aromatic carbocycles. The van der Waals surface area contributed by atoms with E-state index in [1.165, 1.54) is 0 Å². The Hall–Kier alpha value is -2.05. The number of benzene rings is 2. The Morgan fingerprint density at radius 1 is 1.19 bits per heavy atom. The van der Waals surface area contributed by atoms with Crippen molar-refractivity contribution in [2.75, 3.05) is 25.1 Å². The third kappa shape index (κ3) is 5.47. The molecule has 1 aliphatic heterocycles. The predicted molar refractivity (Wildman–Crippen MR) is 104 cm³/mol. The summed E-state index contributed by atoms with van der Waals surface area (Å²) in [5.74, 6) is 1.22. The first-order valence-corrected chi connectivity index (χ1v) is 9.43. The third-order valence-electron chi connectivity index (χ3n) is 4.10. The zero-order chi connectivity index (χ0) is 18.4. The lowest BCUT2D eigenvalue weighted by Gasteiger charge is -2.12. The number of hydrogen-bond acceptors (Lipinski definition) is 4. The minimum absolute atomic E-state index is 0.0433. The van der Waals surface area contributed by atoms with Crippen molar-refractivity contribution in [1.29, 1.82) is 0 Å². The molecule has 3 rings (SSSR count). The highest BCUT2D eigenvalue weighted by Gasteiger charge is 2.15. The van der Waals surface area contributed by atoms with E-state index in [9.17, 15) is 4.79 Å². The maximum atomic E-state index is 12.0. The molecule has 6 heteroatoms. The van der Waals surface area contributed by atoms with Crippen molar-refractivity contribution < 1.29 is 19.0 Å². The van der Waals surface area contributed by atoms with Gasteiger partial charge in [-0.3, -0.25) is 4.79 Å². The molecule has 26 heavy (non-hydrogen) atoms. The molecule has 0 saturated carbocycles. The maximum Gasteiger partial charge on any atom is 0.262 e. The second-order valence-electron chi connectivity index (χ2n) is 6.22. The molecule has 1 fully saturated rings. The summed E-state index contributed by atoms with van der Waals surface area (Å²) >= 11 is 3.44. The summed E-state index contributed by atoms with van der Waals surface area (Å²) < 4.78 is 17.8. The Kier molecular flexibility index (Phi) is 6.52. The molecule has 0 bridgehead atoms. The average Bonchev–Trinajstić information content (AvgIpc) is 3.16. The van der Waals surface area contributed by atoms with Gasteiger partial charge < -0.3 is 19.5 Å². The molecule has 138 valence electrons. The van der Waals surface area contributed by atoms with Crippen LogP contribution in [0.5, 0.6) is 11.5 Å². The largest absolute Gasteiger partial charge is 0.491 e. The molecule has 1 aliphatic rings. The van der Waals surface area contributed by atoms with Crippen LogP contribution in [0.15, 0.2) is 46.9 Å². The van der Waals surface area contributed by atoms with Gasteiger partial charge in [0.2, 0.25) is 0 Å². The molecule has 1 heterocycles. The van der Waals surface area contributed by atoms with Gasteiger partial charge in [-0.05, 0) is 67.8 Å². The summed E-state index contributed by atoms with van der Waals surface area (Å²) in [5, 5.41) is 2.81. The van der Waals surface area contributed by atoms with E-state index in [0.717, 1.165) is 35.2 Å². The number of aryl methyl sites for hydroxylation is 1. The van der Waals surface area contributed by atoms with E-state index < -0.39 is 0 Å². The molecule has 1 saturated heterocycles. The minimum Gasteiger partial charge on any atom is -0.491 e. The predicted octanol–water partition coefficient (Wildman–Crippen LogP) is 4.33. The summed E-state index contributed by atoms with van der Waals surface area (Å²) in [5.41, 5.74) is 1.76. The third-order valence-corrected chi connectivity index (χ3v) is 4.99. The number of hydrogen-bond donors (Lipinski definition) is 1. The van der Waals surface area contributed by atoms with E-state index in [4.69, 9.17) is 14.2 Å².